The molecule has 0 spiro atoms. The molecule has 74 valence electrons. The van der Waals surface area contributed by atoms with E-state index in [1.165, 1.54) is 17.4 Å². The number of benzene rings is 1. The minimum Gasteiger partial charge on any atom is -0.495 e. The molecular weight excluding hydrogens is 219 g/mol. The Kier molecular flexibility index (Phi) is 2.65. The molecule has 14 heavy (non-hydrogen) atoms. The fourth-order valence-electron chi connectivity index (χ4n) is 1.37. The number of halogens is 1. The molecule has 0 saturated heterocycles. The molecule has 0 aliphatic heterocycles. The first-order valence-corrected chi connectivity index (χ1v) is 6.16. The van der Waals surface area contributed by atoms with Gasteiger partial charge in [-0.3, -0.25) is 0 Å². The van der Waals surface area contributed by atoms with Gasteiger partial charge in [0.25, 0.3) is 0 Å². The molecule has 0 aliphatic rings. The average Bonchev–Trinajstić information content (AvgIpc) is 2.63. The number of methoxy groups -OCH3 is 1. The van der Waals surface area contributed by atoms with Crippen LogP contribution in [0.1, 0.15) is 0 Å². The molecule has 2 rings (SSSR count). The van der Waals surface area contributed by atoms with Gasteiger partial charge in [-0.1, -0.05) is 0 Å². The second kappa shape index (κ2) is 3.79. The third-order valence-electron chi connectivity index (χ3n) is 2.04. The fraction of sp³-hybridized carbons (Fsp3) is 0.200. The van der Waals surface area contributed by atoms with Gasteiger partial charge in [0, 0.05) is 15.7 Å². The maximum absolute atomic E-state index is 13.5. The summed E-state index contributed by atoms with van der Waals surface area (Å²) in [7, 11) is 1.60. The first-order valence-electron chi connectivity index (χ1n) is 4.05. The highest BCUT2D eigenvalue weighted by Gasteiger charge is 2.12. The maximum Gasteiger partial charge on any atom is 0.136 e. The average molecular weight is 228 g/mol. The molecule has 1 nitrogen and oxygen atoms in total. The predicted molar refractivity (Wildman–Crippen MR) is 60.1 cm³/mol. The van der Waals surface area contributed by atoms with Crippen LogP contribution in [-0.4, -0.2) is 13.4 Å². The second-order valence-corrected chi connectivity index (χ2v) is 4.49. The van der Waals surface area contributed by atoms with Crippen molar-refractivity contribution in [1.29, 1.82) is 0 Å². The molecule has 1 heterocycles. The van der Waals surface area contributed by atoms with Crippen LogP contribution in [0.3, 0.4) is 0 Å². The number of thiophene rings is 1. The molecule has 0 fully saturated rings. The molecule has 0 amide bonds. The van der Waals surface area contributed by atoms with E-state index >= 15 is 0 Å². The molecular formula is C10H9FOS2. The van der Waals surface area contributed by atoms with E-state index in [4.69, 9.17) is 4.74 Å². The van der Waals surface area contributed by atoms with Crippen LogP contribution in [-0.2, 0) is 0 Å². The quantitative estimate of drug-likeness (QED) is 0.724. The molecule has 1 aromatic carbocycles. The molecule has 1 aromatic heterocycles. The van der Waals surface area contributed by atoms with Crippen molar-refractivity contribution in [2.45, 2.75) is 4.90 Å². The van der Waals surface area contributed by atoms with Crippen LogP contribution in [0, 0.1) is 5.82 Å². The molecule has 0 atom stereocenters. The SMILES string of the molecule is COc1ccc(F)c2c(SC)csc12. The zero-order valence-electron chi connectivity index (χ0n) is 7.83. The van der Waals surface area contributed by atoms with E-state index in [0.717, 1.165) is 15.3 Å². The summed E-state index contributed by atoms with van der Waals surface area (Å²) < 4.78 is 19.6. The van der Waals surface area contributed by atoms with Gasteiger partial charge in [0.15, 0.2) is 0 Å². The number of hydrogen-bond acceptors (Lipinski definition) is 3. The van der Waals surface area contributed by atoms with Crippen molar-refractivity contribution < 1.29 is 9.13 Å². The van der Waals surface area contributed by atoms with Crippen LogP contribution in [0.4, 0.5) is 4.39 Å². The van der Waals surface area contributed by atoms with Crippen LogP contribution in [0.25, 0.3) is 10.1 Å². The lowest BCUT2D eigenvalue weighted by Gasteiger charge is -2.02. The first-order chi connectivity index (χ1) is 6.77. The lowest BCUT2D eigenvalue weighted by molar-refractivity contribution is 0.420. The monoisotopic (exact) mass is 228 g/mol. The van der Waals surface area contributed by atoms with E-state index in [9.17, 15) is 4.39 Å². The molecule has 0 bridgehead atoms. The standard InChI is InChI=1S/C10H9FOS2/c1-12-7-4-3-6(11)9-8(13-2)5-14-10(7)9/h3-5H,1-2H3. The predicted octanol–water partition coefficient (Wildman–Crippen LogP) is 3.77. The van der Waals surface area contributed by atoms with E-state index in [1.54, 1.807) is 24.9 Å². The third-order valence-corrected chi connectivity index (χ3v) is 3.95. The van der Waals surface area contributed by atoms with Gasteiger partial charge in [0.1, 0.15) is 11.6 Å². The van der Waals surface area contributed by atoms with Crippen LogP contribution in [0.2, 0.25) is 0 Å². The van der Waals surface area contributed by atoms with Crippen molar-refractivity contribution in [3.63, 3.8) is 0 Å². The number of fused-ring (bicyclic) bond motifs is 1. The summed E-state index contributed by atoms with van der Waals surface area (Å²) in [6.07, 6.45) is 1.94. The van der Waals surface area contributed by atoms with E-state index in [0.29, 0.717) is 5.39 Å². The van der Waals surface area contributed by atoms with Gasteiger partial charge < -0.3 is 4.74 Å². The Hall–Kier alpha value is -0.740. The van der Waals surface area contributed by atoms with Crippen molar-refractivity contribution in [1.82, 2.24) is 0 Å². The Bertz CT molecular complexity index is 464. The van der Waals surface area contributed by atoms with E-state index in [2.05, 4.69) is 0 Å². The number of rotatable bonds is 2. The highest BCUT2D eigenvalue weighted by atomic mass is 32.2. The minimum absolute atomic E-state index is 0.175. The smallest absolute Gasteiger partial charge is 0.136 e. The lowest BCUT2D eigenvalue weighted by Crippen LogP contribution is -1.84. The Balaban J connectivity index is 2.80. The second-order valence-electron chi connectivity index (χ2n) is 2.76. The highest BCUT2D eigenvalue weighted by molar-refractivity contribution is 7.99. The molecule has 0 N–H and O–H groups in total. The van der Waals surface area contributed by atoms with Crippen LogP contribution in [0.5, 0.6) is 5.75 Å². The summed E-state index contributed by atoms with van der Waals surface area (Å²) in [5.41, 5.74) is 0. The van der Waals surface area contributed by atoms with Gasteiger partial charge in [-0.25, -0.2) is 4.39 Å². The first kappa shape index (κ1) is 9.80. The topological polar surface area (TPSA) is 9.23 Å². The molecule has 0 saturated carbocycles. The van der Waals surface area contributed by atoms with Gasteiger partial charge >= 0.3 is 0 Å². The Morgan fingerprint density at radius 3 is 2.86 bits per heavy atom. The van der Waals surface area contributed by atoms with Crippen molar-refractivity contribution in [2.24, 2.45) is 0 Å². The number of hydrogen-bond donors (Lipinski definition) is 0. The zero-order valence-corrected chi connectivity index (χ0v) is 9.47. The lowest BCUT2D eigenvalue weighted by atomic mass is 10.2. The summed E-state index contributed by atoms with van der Waals surface area (Å²) in [5, 5.41) is 2.64. The van der Waals surface area contributed by atoms with Crippen molar-refractivity contribution in [3.8, 4) is 5.75 Å². The van der Waals surface area contributed by atoms with E-state index in [-0.39, 0.29) is 5.82 Å². The van der Waals surface area contributed by atoms with Crippen molar-refractivity contribution in [3.05, 3.63) is 23.3 Å². The fourth-order valence-corrected chi connectivity index (χ4v) is 3.30. The zero-order chi connectivity index (χ0) is 10.1. The summed E-state index contributed by atoms with van der Waals surface area (Å²) in [5.74, 6) is 0.568. The van der Waals surface area contributed by atoms with E-state index in [1.807, 2.05) is 11.6 Å². The largest absolute Gasteiger partial charge is 0.495 e. The van der Waals surface area contributed by atoms with Gasteiger partial charge in [-0.15, -0.1) is 23.1 Å². The molecule has 2 aromatic rings. The highest BCUT2D eigenvalue weighted by Crippen LogP contribution is 2.39. The molecule has 0 radical (unpaired) electrons. The summed E-state index contributed by atoms with van der Waals surface area (Å²) in [6.45, 7) is 0. The molecule has 0 aliphatic carbocycles. The summed E-state index contributed by atoms with van der Waals surface area (Å²) in [4.78, 5) is 0.974. The number of thioether (sulfide) groups is 1. The molecule has 4 heteroatoms. The van der Waals surface area contributed by atoms with Crippen LogP contribution in [0.15, 0.2) is 22.4 Å². The van der Waals surface area contributed by atoms with Crippen LogP contribution < -0.4 is 4.74 Å². The Morgan fingerprint density at radius 2 is 2.21 bits per heavy atom. The van der Waals surface area contributed by atoms with Crippen molar-refractivity contribution >= 4 is 33.2 Å². The Morgan fingerprint density at radius 1 is 1.43 bits per heavy atom. The number of ether oxygens (including phenoxy) is 1. The normalized spacial score (nSPS) is 10.8. The minimum atomic E-state index is -0.175. The molecule has 0 unspecified atom stereocenters. The van der Waals surface area contributed by atoms with Gasteiger partial charge in [0.2, 0.25) is 0 Å². The van der Waals surface area contributed by atoms with Gasteiger partial charge in [0.05, 0.1) is 11.8 Å². The maximum atomic E-state index is 13.5. The summed E-state index contributed by atoms with van der Waals surface area (Å²) >= 11 is 3.07. The van der Waals surface area contributed by atoms with E-state index < -0.39 is 0 Å². The van der Waals surface area contributed by atoms with Crippen LogP contribution >= 0.6 is 23.1 Å². The third kappa shape index (κ3) is 1.38. The van der Waals surface area contributed by atoms with Gasteiger partial charge in [-0.2, -0.15) is 0 Å². The van der Waals surface area contributed by atoms with Gasteiger partial charge in [-0.05, 0) is 18.4 Å². The van der Waals surface area contributed by atoms with Crippen molar-refractivity contribution in [2.75, 3.05) is 13.4 Å². The Labute approximate surface area is 89.9 Å². The summed E-state index contributed by atoms with van der Waals surface area (Å²) in [6, 6.07) is 3.12.